The summed E-state index contributed by atoms with van der Waals surface area (Å²) < 4.78 is 1.42. The lowest BCUT2D eigenvalue weighted by Crippen LogP contribution is -2.32. The molecule has 1 aromatic heterocycles. The monoisotopic (exact) mass is 207 g/mol. The Morgan fingerprint density at radius 2 is 2.07 bits per heavy atom. The van der Waals surface area contributed by atoms with Gasteiger partial charge in [0.1, 0.15) is 0 Å². The maximum atomic E-state index is 11.6. The molecule has 0 spiro atoms. The molecule has 1 aliphatic heterocycles. The quantitative estimate of drug-likeness (QED) is 0.752. The van der Waals surface area contributed by atoms with E-state index in [4.69, 9.17) is 0 Å². The second kappa shape index (κ2) is 5.07. The Hall–Kier alpha value is -1.16. The highest BCUT2D eigenvalue weighted by molar-refractivity contribution is 5.77. The Labute approximate surface area is 89.9 Å². The van der Waals surface area contributed by atoms with Gasteiger partial charge in [0.25, 0.3) is 0 Å². The number of rotatable bonds is 3. The molecular weight excluding hydrogens is 190 g/mol. The summed E-state index contributed by atoms with van der Waals surface area (Å²) in [4.78, 5) is 14.0. The lowest BCUT2D eigenvalue weighted by molar-refractivity contribution is 0.0862. The minimum atomic E-state index is 0.0885. The first-order valence-electron chi connectivity index (χ1n) is 5.61. The maximum absolute atomic E-state index is 11.6. The lowest BCUT2D eigenvalue weighted by Gasteiger charge is -2.25. The Bertz CT molecular complexity index is 302. The number of likely N-dealkylation sites (tertiary alicyclic amines) is 1. The van der Waals surface area contributed by atoms with Crippen LogP contribution in [0.4, 0.5) is 0 Å². The number of carbonyl (C=O) groups excluding carboxylic acids is 1. The van der Waals surface area contributed by atoms with Crippen molar-refractivity contribution in [1.82, 2.24) is 14.7 Å². The number of hydrogen-bond donors (Lipinski definition) is 0. The molecule has 0 unspecified atom stereocenters. The van der Waals surface area contributed by atoms with Crippen LogP contribution in [0.15, 0.2) is 18.5 Å². The molecular formula is C11H17N3O. The predicted molar refractivity (Wildman–Crippen MR) is 57.8 cm³/mol. The zero-order valence-corrected chi connectivity index (χ0v) is 8.93. The summed E-state index contributed by atoms with van der Waals surface area (Å²) in [6, 6.07) is 1.78. The molecule has 82 valence electrons. The molecule has 0 saturated carbocycles. The van der Waals surface area contributed by atoms with Crippen molar-refractivity contribution in [2.24, 2.45) is 0 Å². The Morgan fingerprint density at radius 3 is 2.73 bits per heavy atom. The smallest absolute Gasteiger partial charge is 0.248 e. The van der Waals surface area contributed by atoms with Crippen molar-refractivity contribution in [3.63, 3.8) is 0 Å². The Morgan fingerprint density at radius 1 is 1.27 bits per heavy atom. The molecule has 4 nitrogen and oxygen atoms in total. The number of hydrogen-bond acceptors (Lipinski definition) is 3. The van der Waals surface area contributed by atoms with Gasteiger partial charge in [-0.15, -0.1) is 0 Å². The molecule has 2 rings (SSSR count). The Balaban J connectivity index is 1.75. The Kier molecular flexibility index (Phi) is 3.50. The van der Waals surface area contributed by atoms with E-state index in [1.165, 1.54) is 23.9 Å². The van der Waals surface area contributed by atoms with Crippen LogP contribution in [0.25, 0.3) is 0 Å². The van der Waals surface area contributed by atoms with E-state index in [0.29, 0.717) is 6.42 Å². The van der Waals surface area contributed by atoms with Gasteiger partial charge in [-0.05, 0) is 32.0 Å². The van der Waals surface area contributed by atoms with Crippen LogP contribution >= 0.6 is 0 Å². The molecule has 0 radical (unpaired) electrons. The topological polar surface area (TPSA) is 38.1 Å². The van der Waals surface area contributed by atoms with Crippen LogP contribution in [-0.2, 0) is 0 Å². The van der Waals surface area contributed by atoms with Crippen LogP contribution in [0.2, 0.25) is 0 Å². The minimum absolute atomic E-state index is 0.0885. The maximum Gasteiger partial charge on any atom is 0.248 e. The molecule has 0 bridgehead atoms. The van der Waals surface area contributed by atoms with E-state index < -0.39 is 0 Å². The summed E-state index contributed by atoms with van der Waals surface area (Å²) in [5, 5.41) is 3.93. The summed E-state index contributed by atoms with van der Waals surface area (Å²) in [5.41, 5.74) is 0. The van der Waals surface area contributed by atoms with Crippen molar-refractivity contribution in [2.75, 3.05) is 19.6 Å². The molecule has 2 heterocycles. The fourth-order valence-corrected chi connectivity index (χ4v) is 1.97. The summed E-state index contributed by atoms with van der Waals surface area (Å²) in [6.45, 7) is 3.16. The molecule has 0 atom stereocenters. The van der Waals surface area contributed by atoms with E-state index >= 15 is 0 Å². The van der Waals surface area contributed by atoms with Gasteiger partial charge in [-0.2, -0.15) is 5.10 Å². The molecule has 0 aliphatic carbocycles. The first-order chi connectivity index (χ1) is 7.36. The largest absolute Gasteiger partial charge is 0.303 e. The highest BCUT2D eigenvalue weighted by Gasteiger charge is 2.12. The highest BCUT2D eigenvalue weighted by atomic mass is 16.2. The molecule has 15 heavy (non-hydrogen) atoms. The average molecular weight is 207 g/mol. The van der Waals surface area contributed by atoms with Gasteiger partial charge in [-0.1, -0.05) is 6.42 Å². The van der Waals surface area contributed by atoms with Gasteiger partial charge in [-0.3, -0.25) is 4.79 Å². The summed E-state index contributed by atoms with van der Waals surface area (Å²) in [5.74, 6) is 0.0885. The highest BCUT2D eigenvalue weighted by Crippen LogP contribution is 2.08. The van der Waals surface area contributed by atoms with Gasteiger partial charge in [0, 0.05) is 25.4 Å². The number of carbonyl (C=O) groups is 1. The van der Waals surface area contributed by atoms with Crippen LogP contribution < -0.4 is 0 Å². The first-order valence-corrected chi connectivity index (χ1v) is 5.61. The minimum Gasteiger partial charge on any atom is -0.303 e. The SMILES string of the molecule is O=C(CCN1CCCCC1)n1cccn1. The van der Waals surface area contributed by atoms with Crippen LogP contribution in [-0.4, -0.2) is 40.2 Å². The average Bonchev–Trinajstić information content (AvgIpc) is 2.81. The van der Waals surface area contributed by atoms with E-state index in [2.05, 4.69) is 10.00 Å². The molecule has 1 saturated heterocycles. The van der Waals surface area contributed by atoms with E-state index in [9.17, 15) is 4.79 Å². The third-order valence-corrected chi connectivity index (χ3v) is 2.85. The van der Waals surface area contributed by atoms with Crippen molar-refractivity contribution >= 4 is 5.91 Å². The van der Waals surface area contributed by atoms with Crippen molar-refractivity contribution in [2.45, 2.75) is 25.7 Å². The number of aromatic nitrogens is 2. The van der Waals surface area contributed by atoms with E-state index in [0.717, 1.165) is 19.6 Å². The second-order valence-corrected chi connectivity index (χ2v) is 4.00. The fraction of sp³-hybridized carbons (Fsp3) is 0.636. The van der Waals surface area contributed by atoms with Gasteiger partial charge in [-0.25, -0.2) is 4.68 Å². The third kappa shape index (κ3) is 2.89. The van der Waals surface area contributed by atoms with Crippen molar-refractivity contribution < 1.29 is 4.79 Å². The first kappa shape index (κ1) is 10.4. The van der Waals surface area contributed by atoms with Crippen LogP contribution in [0.5, 0.6) is 0 Å². The third-order valence-electron chi connectivity index (χ3n) is 2.85. The van der Waals surface area contributed by atoms with Crippen LogP contribution in [0.3, 0.4) is 0 Å². The van der Waals surface area contributed by atoms with E-state index in [-0.39, 0.29) is 5.91 Å². The molecule has 0 aromatic carbocycles. The molecule has 1 aliphatic rings. The predicted octanol–water partition coefficient (Wildman–Crippen LogP) is 1.40. The van der Waals surface area contributed by atoms with Gasteiger partial charge in [0.15, 0.2) is 0 Å². The normalized spacial score (nSPS) is 17.9. The van der Waals surface area contributed by atoms with Gasteiger partial charge in [0.05, 0.1) is 0 Å². The van der Waals surface area contributed by atoms with Crippen LogP contribution in [0, 0.1) is 0 Å². The van der Waals surface area contributed by atoms with Gasteiger partial charge >= 0.3 is 0 Å². The molecule has 1 fully saturated rings. The fourth-order valence-electron chi connectivity index (χ4n) is 1.97. The van der Waals surface area contributed by atoms with Gasteiger partial charge < -0.3 is 4.90 Å². The summed E-state index contributed by atoms with van der Waals surface area (Å²) in [6.07, 6.45) is 7.80. The van der Waals surface area contributed by atoms with Crippen molar-refractivity contribution in [3.05, 3.63) is 18.5 Å². The summed E-state index contributed by atoms with van der Waals surface area (Å²) >= 11 is 0. The summed E-state index contributed by atoms with van der Waals surface area (Å²) in [7, 11) is 0. The number of piperidine rings is 1. The van der Waals surface area contributed by atoms with Crippen molar-refractivity contribution in [1.29, 1.82) is 0 Å². The molecule has 1 aromatic rings. The van der Waals surface area contributed by atoms with Crippen LogP contribution in [0.1, 0.15) is 30.5 Å². The van der Waals surface area contributed by atoms with Crippen molar-refractivity contribution in [3.8, 4) is 0 Å². The number of nitrogens with zero attached hydrogens (tertiary/aromatic N) is 3. The lowest BCUT2D eigenvalue weighted by atomic mass is 10.1. The molecule has 4 heteroatoms. The molecule has 0 amide bonds. The van der Waals surface area contributed by atoms with Gasteiger partial charge in [0.2, 0.25) is 5.91 Å². The van der Waals surface area contributed by atoms with E-state index in [1.807, 2.05) is 0 Å². The molecule has 0 N–H and O–H groups in total. The van der Waals surface area contributed by atoms with E-state index in [1.54, 1.807) is 18.5 Å². The zero-order chi connectivity index (χ0) is 10.5. The standard InChI is InChI=1S/C11H17N3O/c15-11(14-9-4-6-12-14)5-10-13-7-2-1-3-8-13/h4,6,9H,1-3,5,7-8,10H2. The zero-order valence-electron chi connectivity index (χ0n) is 8.93. The second-order valence-electron chi connectivity index (χ2n) is 4.00.